The first-order chi connectivity index (χ1) is 13.8. The minimum atomic E-state index is -3.54. The Hall–Kier alpha value is -2.68. The lowest BCUT2D eigenvalue weighted by Gasteiger charge is -2.13. The highest BCUT2D eigenvalue weighted by molar-refractivity contribution is 7.92. The van der Waals surface area contributed by atoms with E-state index in [4.69, 9.17) is 4.74 Å². The summed E-state index contributed by atoms with van der Waals surface area (Å²) in [5.41, 5.74) is 4.12. The van der Waals surface area contributed by atoms with Gasteiger partial charge in [0, 0.05) is 12.2 Å². The molecular weight excluding hydrogens is 395 g/mol. The molecule has 0 amide bonds. The van der Waals surface area contributed by atoms with Crippen LogP contribution in [0.2, 0.25) is 0 Å². The number of sulfonamides is 1. The van der Waals surface area contributed by atoms with Gasteiger partial charge in [-0.1, -0.05) is 19.1 Å². The smallest absolute Gasteiger partial charge is 0.243 e. The van der Waals surface area contributed by atoms with Crippen molar-refractivity contribution in [3.05, 3.63) is 46.9 Å². The average molecular weight is 421 g/mol. The fourth-order valence-electron chi connectivity index (χ4n) is 3.07. The maximum Gasteiger partial charge on any atom is 0.243 e. The molecule has 1 N–H and O–H groups in total. The van der Waals surface area contributed by atoms with Crippen molar-refractivity contribution in [3.8, 4) is 5.88 Å². The molecule has 0 bridgehead atoms. The van der Waals surface area contributed by atoms with Crippen molar-refractivity contribution in [2.75, 3.05) is 10.5 Å². The molecule has 0 saturated carbocycles. The summed E-state index contributed by atoms with van der Waals surface area (Å²) in [6.45, 7) is 8.48. The Labute approximate surface area is 170 Å². The molecule has 3 aromatic rings. The second kappa shape index (κ2) is 8.36. The molecule has 0 unspecified atom stereocenters. The first kappa shape index (κ1) is 21.0. The summed E-state index contributed by atoms with van der Waals surface area (Å²) < 4.78 is 47.6. The van der Waals surface area contributed by atoms with Crippen LogP contribution in [-0.2, 0) is 23.2 Å². The van der Waals surface area contributed by atoms with E-state index in [1.54, 1.807) is 19.1 Å². The van der Waals surface area contributed by atoms with Gasteiger partial charge in [0.2, 0.25) is 21.9 Å². The van der Waals surface area contributed by atoms with Gasteiger partial charge in [-0.3, -0.25) is 4.72 Å². The van der Waals surface area contributed by atoms with Crippen molar-refractivity contribution < 1.29 is 17.5 Å². The summed E-state index contributed by atoms with van der Waals surface area (Å²) in [5, 5.41) is 0. The van der Waals surface area contributed by atoms with E-state index in [2.05, 4.69) is 26.2 Å². The molecule has 0 aliphatic heterocycles. The van der Waals surface area contributed by atoms with E-state index in [-0.39, 0.29) is 30.0 Å². The lowest BCUT2D eigenvalue weighted by Crippen LogP contribution is -2.17. The van der Waals surface area contributed by atoms with Crippen molar-refractivity contribution in [1.29, 1.82) is 0 Å². The number of rotatable bonds is 8. The molecule has 0 fully saturated rings. The molecule has 7 nitrogen and oxygen atoms in total. The number of fused-ring (bicyclic) bond motifs is 1. The number of hydrogen-bond donors (Lipinski definition) is 1. The van der Waals surface area contributed by atoms with Gasteiger partial charge >= 0.3 is 0 Å². The number of nitrogens with zero attached hydrogens (tertiary/aromatic N) is 3. The van der Waals surface area contributed by atoms with Gasteiger partial charge in [0.1, 0.15) is 23.5 Å². The number of ether oxygens (including phenoxy) is 1. The van der Waals surface area contributed by atoms with Gasteiger partial charge in [-0.2, -0.15) is 4.98 Å². The van der Waals surface area contributed by atoms with Crippen LogP contribution >= 0.6 is 0 Å². The maximum absolute atomic E-state index is 13.2. The van der Waals surface area contributed by atoms with E-state index in [1.807, 2.05) is 13.8 Å². The summed E-state index contributed by atoms with van der Waals surface area (Å²) in [5.74, 6) is -0.143. The van der Waals surface area contributed by atoms with E-state index in [9.17, 15) is 12.8 Å². The summed E-state index contributed by atoms with van der Waals surface area (Å²) in [7, 11) is -3.54. The van der Waals surface area contributed by atoms with E-state index in [1.165, 1.54) is 12.1 Å². The first-order valence-corrected chi connectivity index (χ1v) is 11.2. The van der Waals surface area contributed by atoms with Crippen LogP contribution < -0.4 is 9.46 Å². The number of benzene rings is 1. The third-order valence-corrected chi connectivity index (χ3v) is 6.04. The Balaban J connectivity index is 2.09. The van der Waals surface area contributed by atoms with Crippen LogP contribution in [0.15, 0.2) is 24.3 Å². The Morgan fingerprint density at radius 1 is 1.14 bits per heavy atom. The van der Waals surface area contributed by atoms with E-state index >= 15 is 0 Å². The van der Waals surface area contributed by atoms with Crippen molar-refractivity contribution in [1.82, 2.24) is 14.5 Å². The lowest BCUT2D eigenvalue weighted by molar-refractivity contribution is 0.296. The van der Waals surface area contributed by atoms with Crippen LogP contribution in [0.4, 0.5) is 10.3 Å². The topological polar surface area (TPSA) is 86.1 Å². The molecule has 29 heavy (non-hydrogen) atoms. The third kappa shape index (κ3) is 4.50. The number of nitrogens with one attached hydrogen (secondary N) is 1. The summed E-state index contributed by atoms with van der Waals surface area (Å²) in [6.07, 6.45) is 0.908. The first-order valence-electron chi connectivity index (χ1n) is 9.50. The molecule has 0 spiro atoms. The van der Waals surface area contributed by atoms with Gasteiger partial charge < -0.3 is 9.30 Å². The minimum absolute atomic E-state index is 0.0230. The largest absolute Gasteiger partial charge is 0.471 e. The third-order valence-electron chi connectivity index (χ3n) is 4.79. The molecule has 0 aliphatic carbocycles. The molecule has 9 heteroatoms. The highest BCUT2D eigenvalue weighted by atomic mass is 32.2. The zero-order valence-corrected chi connectivity index (χ0v) is 17.8. The number of aryl methyl sites for hydroxylation is 2. The van der Waals surface area contributed by atoms with Crippen LogP contribution in [0.25, 0.3) is 11.0 Å². The second-order valence-electron chi connectivity index (χ2n) is 6.83. The van der Waals surface area contributed by atoms with Gasteiger partial charge in [0.15, 0.2) is 0 Å². The lowest BCUT2D eigenvalue weighted by atomic mass is 10.2. The normalized spacial score (nSPS) is 11.8. The second-order valence-corrected chi connectivity index (χ2v) is 8.84. The Bertz CT molecular complexity index is 1130. The van der Waals surface area contributed by atoms with E-state index in [0.717, 1.165) is 35.3 Å². The Morgan fingerprint density at radius 2 is 1.83 bits per heavy atom. The van der Waals surface area contributed by atoms with Gasteiger partial charge in [-0.15, -0.1) is 0 Å². The Morgan fingerprint density at radius 3 is 2.45 bits per heavy atom. The standard InChI is InChI=1S/C20H25FN4O3S/c1-5-11-25-14(4)13(3)17-18(25)19(23-20(22-17)24-29(26,27)6-2)28-12-15-7-9-16(21)10-8-15/h7-10H,5-6,11-12H2,1-4H3,(H,22,23,24). The number of hydrogen-bond acceptors (Lipinski definition) is 5. The molecule has 2 aromatic heterocycles. The van der Waals surface area contributed by atoms with Crippen molar-refractivity contribution in [2.24, 2.45) is 0 Å². The zero-order valence-electron chi connectivity index (χ0n) is 17.0. The van der Waals surface area contributed by atoms with Crippen LogP contribution in [0.5, 0.6) is 5.88 Å². The molecular formula is C20H25FN4O3S. The van der Waals surface area contributed by atoms with Gasteiger partial charge in [0.05, 0.1) is 5.75 Å². The molecule has 3 rings (SSSR count). The fourth-order valence-corrected chi connectivity index (χ4v) is 3.59. The number of aromatic nitrogens is 3. The summed E-state index contributed by atoms with van der Waals surface area (Å²) in [6, 6.07) is 6.00. The van der Waals surface area contributed by atoms with Gasteiger partial charge in [-0.25, -0.2) is 17.8 Å². The molecule has 156 valence electrons. The Kier molecular flexibility index (Phi) is 6.07. The summed E-state index contributed by atoms with van der Waals surface area (Å²) >= 11 is 0. The SMILES string of the molecule is CCCn1c(C)c(C)c2nc(NS(=O)(=O)CC)nc(OCc3ccc(F)cc3)c21. The van der Waals surface area contributed by atoms with Crippen LogP contribution in [0, 0.1) is 19.7 Å². The molecule has 0 atom stereocenters. The van der Waals surface area contributed by atoms with Gasteiger partial charge in [0.25, 0.3) is 0 Å². The highest BCUT2D eigenvalue weighted by Crippen LogP contribution is 2.32. The fraction of sp³-hybridized carbons (Fsp3) is 0.400. The quantitative estimate of drug-likeness (QED) is 0.597. The predicted octanol–water partition coefficient (Wildman–Crippen LogP) is 3.94. The maximum atomic E-state index is 13.2. The number of halogens is 1. The van der Waals surface area contributed by atoms with Crippen LogP contribution in [0.1, 0.15) is 37.1 Å². The molecule has 2 heterocycles. The van der Waals surface area contributed by atoms with Gasteiger partial charge in [-0.05, 0) is 50.5 Å². The van der Waals surface area contributed by atoms with E-state index < -0.39 is 10.0 Å². The predicted molar refractivity (Wildman–Crippen MR) is 111 cm³/mol. The highest BCUT2D eigenvalue weighted by Gasteiger charge is 2.21. The molecule has 1 aromatic carbocycles. The monoisotopic (exact) mass is 420 g/mol. The zero-order chi connectivity index (χ0) is 21.2. The minimum Gasteiger partial charge on any atom is -0.471 e. The van der Waals surface area contributed by atoms with E-state index in [0.29, 0.717) is 5.52 Å². The van der Waals surface area contributed by atoms with Crippen LogP contribution in [-0.4, -0.2) is 28.7 Å². The molecule has 0 radical (unpaired) electrons. The average Bonchev–Trinajstić information content (AvgIpc) is 2.92. The van der Waals surface area contributed by atoms with Crippen molar-refractivity contribution in [3.63, 3.8) is 0 Å². The number of anilines is 1. The van der Waals surface area contributed by atoms with Crippen molar-refractivity contribution in [2.45, 2.75) is 47.3 Å². The summed E-state index contributed by atoms with van der Waals surface area (Å²) in [4.78, 5) is 8.79. The van der Waals surface area contributed by atoms with Crippen LogP contribution in [0.3, 0.4) is 0 Å². The van der Waals surface area contributed by atoms with Crippen molar-refractivity contribution >= 4 is 27.0 Å². The molecule has 0 saturated heterocycles. The molecule has 0 aliphatic rings.